The molecule has 0 fully saturated rings. The lowest BCUT2D eigenvalue weighted by Gasteiger charge is -2.29. The van der Waals surface area contributed by atoms with Crippen molar-refractivity contribution in [1.82, 2.24) is 14.9 Å². The molecule has 0 bridgehead atoms. The number of imidazole rings is 1. The summed E-state index contributed by atoms with van der Waals surface area (Å²) in [4.78, 5) is 28.4. The lowest BCUT2D eigenvalue weighted by Crippen LogP contribution is -2.48. The maximum absolute atomic E-state index is 13.7. The van der Waals surface area contributed by atoms with Crippen LogP contribution in [0.4, 0.5) is 18.9 Å². The van der Waals surface area contributed by atoms with Crippen LogP contribution in [0.5, 0.6) is 0 Å². The van der Waals surface area contributed by atoms with Crippen LogP contribution in [0.1, 0.15) is 41.1 Å². The van der Waals surface area contributed by atoms with Crippen molar-refractivity contribution in [1.29, 1.82) is 0 Å². The molecule has 0 spiro atoms. The number of aryl methyl sites for hydroxylation is 1. The van der Waals surface area contributed by atoms with E-state index in [2.05, 4.69) is 15.6 Å². The number of amides is 2. The van der Waals surface area contributed by atoms with Crippen LogP contribution in [-0.2, 0) is 17.4 Å². The molecule has 33 heavy (non-hydrogen) atoms. The van der Waals surface area contributed by atoms with Gasteiger partial charge in [-0.05, 0) is 36.8 Å². The Kier molecular flexibility index (Phi) is 6.87. The highest BCUT2D eigenvalue weighted by molar-refractivity contribution is 6.04. The minimum absolute atomic E-state index is 0.324. The molecular formula is C23H23F3N4O3. The van der Waals surface area contributed by atoms with Gasteiger partial charge in [0.2, 0.25) is 11.5 Å². The molecule has 0 aliphatic rings. The molecule has 0 aliphatic carbocycles. The van der Waals surface area contributed by atoms with Gasteiger partial charge in [-0.15, -0.1) is 0 Å². The third-order valence-electron chi connectivity index (χ3n) is 5.13. The van der Waals surface area contributed by atoms with E-state index in [0.717, 1.165) is 10.8 Å². The van der Waals surface area contributed by atoms with E-state index in [-0.39, 0.29) is 5.91 Å². The molecule has 1 heterocycles. The van der Waals surface area contributed by atoms with E-state index in [4.69, 9.17) is 0 Å². The van der Waals surface area contributed by atoms with Gasteiger partial charge in [0.15, 0.2) is 5.82 Å². The molecule has 0 aliphatic heterocycles. The van der Waals surface area contributed by atoms with Crippen LogP contribution >= 0.6 is 0 Å². The van der Waals surface area contributed by atoms with Gasteiger partial charge in [0, 0.05) is 30.7 Å². The Bertz CT molecular complexity index is 1130. The number of aliphatic hydroxyl groups is 1. The number of nitrogens with one attached hydrogen (secondary N) is 2. The fourth-order valence-electron chi connectivity index (χ4n) is 3.36. The lowest BCUT2D eigenvalue weighted by atomic mass is 9.96. The quantitative estimate of drug-likeness (QED) is 0.501. The summed E-state index contributed by atoms with van der Waals surface area (Å²) in [5.74, 6) is -2.01. The van der Waals surface area contributed by atoms with Gasteiger partial charge < -0.3 is 20.3 Å². The van der Waals surface area contributed by atoms with Crippen LogP contribution in [0.15, 0.2) is 67.0 Å². The summed E-state index contributed by atoms with van der Waals surface area (Å²) in [6.45, 7) is 1.59. The van der Waals surface area contributed by atoms with Crippen molar-refractivity contribution in [3.8, 4) is 0 Å². The molecular weight excluding hydrogens is 437 g/mol. The molecule has 3 aromatic rings. The Morgan fingerprint density at radius 2 is 1.82 bits per heavy atom. The Balaban J connectivity index is 1.71. The number of hydrogen-bond acceptors (Lipinski definition) is 4. The molecule has 2 atom stereocenters. The zero-order valence-electron chi connectivity index (χ0n) is 17.9. The SMILES string of the molecule is CC(NC(=O)CC(O)(c1nccn1C)C(F)(F)F)c1cccc(NC(=O)c2ccccc2)c1. The maximum atomic E-state index is 13.7. The van der Waals surface area contributed by atoms with Crippen LogP contribution in [-0.4, -0.2) is 32.6 Å². The Labute approximate surface area is 188 Å². The highest BCUT2D eigenvalue weighted by Crippen LogP contribution is 2.40. The fourth-order valence-corrected chi connectivity index (χ4v) is 3.36. The average Bonchev–Trinajstić information content (AvgIpc) is 3.20. The molecule has 0 saturated heterocycles. The van der Waals surface area contributed by atoms with Crippen molar-refractivity contribution in [2.24, 2.45) is 7.05 Å². The van der Waals surface area contributed by atoms with Crippen molar-refractivity contribution in [2.75, 3.05) is 5.32 Å². The maximum Gasteiger partial charge on any atom is 0.425 e. The van der Waals surface area contributed by atoms with Crippen molar-refractivity contribution < 1.29 is 27.9 Å². The molecule has 1 aromatic heterocycles. The number of hydrogen-bond donors (Lipinski definition) is 3. The Morgan fingerprint density at radius 1 is 1.12 bits per heavy atom. The summed E-state index contributed by atoms with van der Waals surface area (Å²) in [6, 6.07) is 14.5. The molecule has 10 heteroatoms. The molecule has 0 radical (unpaired) electrons. The molecule has 3 rings (SSSR count). The van der Waals surface area contributed by atoms with E-state index >= 15 is 0 Å². The van der Waals surface area contributed by atoms with Gasteiger partial charge in [-0.3, -0.25) is 9.59 Å². The normalized spacial score (nSPS) is 14.2. The molecule has 2 amide bonds. The molecule has 0 saturated carbocycles. The number of halogens is 3. The zero-order chi connectivity index (χ0) is 24.2. The Hall–Kier alpha value is -3.66. The summed E-state index contributed by atoms with van der Waals surface area (Å²) >= 11 is 0. The third kappa shape index (κ3) is 5.40. The second-order valence-corrected chi connectivity index (χ2v) is 7.63. The van der Waals surface area contributed by atoms with Crippen molar-refractivity contribution in [3.63, 3.8) is 0 Å². The summed E-state index contributed by atoms with van der Waals surface area (Å²) in [5.41, 5.74) is -1.96. The first-order chi connectivity index (χ1) is 15.5. The summed E-state index contributed by atoms with van der Waals surface area (Å²) in [7, 11) is 1.30. The zero-order valence-corrected chi connectivity index (χ0v) is 17.9. The van der Waals surface area contributed by atoms with Gasteiger partial charge in [-0.2, -0.15) is 13.2 Å². The van der Waals surface area contributed by atoms with Gasteiger partial charge >= 0.3 is 6.18 Å². The largest absolute Gasteiger partial charge is 0.425 e. The van der Waals surface area contributed by atoms with Gasteiger partial charge in [-0.25, -0.2) is 4.98 Å². The number of carbonyl (C=O) groups excluding carboxylic acids is 2. The van der Waals surface area contributed by atoms with E-state index in [1.165, 1.54) is 13.2 Å². The smallest absolute Gasteiger partial charge is 0.374 e. The van der Waals surface area contributed by atoms with Crippen molar-refractivity contribution in [2.45, 2.75) is 31.2 Å². The molecule has 2 aromatic carbocycles. The molecule has 174 valence electrons. The average molecular weight is 460 g/mol. The van der Waals surface area contributed by atoms with E-state index in [1.807, 2.05) is 0 Å². The van der Waals surface area contributed by atoms with E-state index < -0.39 is 36.0 Å². The number of nitrogens with zero attached hydrogens (tertiary/aromatic N) is 2. The summed E-state index contributed by atoms with van der Waals surface area (Å²) < 4.78 is 42.0. The van der Waals surface area contributed by atoms with Gasteiger partial charge in [0.1, 0.15) is 0 Å². The fraction of sp³-hybridized carbons (Fsp3) is 0.261. The van der Waals surface area contributed by atoms with Gasteiger partial charge in [-0.1, -0.05) is 30.3 Å². The van der Waals surface area contributed by atoms with Crippen LogP contribution < -0.4 is 10.6 Å². The number of carbonyl (C=O) groups is 2. The van der Waals surface area contributed by atoms with E-state index in [0.29, 0.717) is 16.8 Å². The standard InChI is InChI=1S/C23H23F3N4O3/c1-15(17-9-6-10-18(13-17)29-20(32)16-7-4-3-5-8-16)28-19(31)14-22(33,23(24,25)26)21-27-11-12-30(21)2/h3-13,15,33H,14H2,1-2H3,(H,28,31)(H,29,32). The summed E-state index contributed by atoms with van der Waals surface area (Å²) in [5, 5.41) is 15.6. The highest BCUT2D eigenvalue weighted by atomic mass is 19.4. The van der Waals surface area contributed by atoms with Crippen LogP contribution in [0, 0.1) is 0 Å². The number of rotatable bonds is 7. The predicted octanol–water partition coefficient (Wildman–Crippen LogP) is 3.69. The molecule has 2 unspecified atom stereocenters. The second kappa shape index (κ2) is 9.45. The Morgan fingerprint density at radius 3 is 2.42 bits per heavy atom. The van der Waals surface area contributed by atoms with Crippen LogP contribution in [0.3, 0.4) is 0 Å². The first-order valence-electron chi connectivity index (χ1n) is 10.0. The minimum atomic E-state index is -5.12. The van der Waals surface area contributed by atoms with Gasteiger partial charge in [0.25, 0.3) is 5.91 Å². The predicted molar refractivity (Wildman–Crippen MR) is 115 cm³/mol. The number of benzene rings is 2. The number of aromatic nitrogens is 2. The number of anilines is 1. The van der Waals surface area contributed by atoms with E-state index in [9.17, 15) is 27.9 Å². The number of alkyl halides is 3. The highest BCUT2D eigenvalue weighted by Gasteiger charge is 2.58. The van der Waals surface area contributed by atoms with Crippen LogP contribution in [0.25, 0.3) is 0 Å². The first kappa shape index (κ1) is 24.0. The molecule has 3 N–H and O–H groups in total. The monoisotopic (exact) mass is 460 g/mol. The summed E-state index contributed by atoms with van der Waals surface area (Å²) in [6.07, 6.45) is -4.01. The minimum Gasteiger partial charge on any atom is -0.374 e. The molecule has 7 nitrogen and oxygen atoms in total. The third-order valence-corrected chi connectivity index (χ3v) is 5.13. The van der Waals surface area contributed by atoms with Crippen molar-refractivity contribution >= 4 is 17.5 Å². The van der Waals surface area contributed by atoms with Crippen molar-refractivity contribution in [3.05, 3.63) is 83.9 Å². The lowest BCUT2D eigenvalue weighted by molar-refractivity contribution is -0.271. The van der Waals surface area contributed by atoms with Crippen LogP contribution in [0.2, 0.25) is 0 Å². The topological polar surface area (TPSA) is 96.2 Å². The van der Waals surface area contributed by atoms with Gasteiger partial charge in [0.05, 0.1) is 12.5 Å². The first-order valence-corrected chi connectivity index (χ1v) is 10.0. The second-order valence-electron chi connectivity index (χ2n) is 7.63. The van der Waals surface area contributed by atoms with E-state index in [1.54, 1.807) is 61.5 Å².